The van der Waals surface area contributed by atoms with Crippen molar-refractivity contribution in [1.29, 1.82) is 5.41 Å². The van der Waals surface area contributed by atoms with E-state index in [1.165, 1.54) is 22.3 Å². The van der Waals surface area contributed by atoms with Gasteiger partial charge >= 0.3 is 0 Å². The third-order valence-corrected chi connectivity index (χ3v) is 10.8. The normalized spacial score (nSPS) is 13.6. The van der Waals surface area contributed by atoms with Crippen molar-refractivity contribution in [2.75, 3.05) is 0 Å². The molecule has 2 aromatic heterocycles. The van der Waals surface area contributed by atoms with Gasteiger partial charge in [-0.25, -0.2) is 4.99 Å². The molecule has 0 saturated carbocycles. The Labute approximate surface area is 300 Å². The van der Waals surface area contributed by atoms with Crippen LogP contribution in [0.5, 0.6) is 0 Å². The van der Waals surface area contributed by atoms with Gasteiger partial charge in [-0.3, -0.25) is 5.41 Å². The molecule has 2 heterocycles. The summed E-state index contributed by atoms with van der Waals surface area (Å²) in [5.41, 5.74) is 20.5. The summed E-state index contributed by atoms with van der Waals surface area (Å²) in [7, 11) is 0. The maximum Gasteiger partial charge on any atom is 0.154 e. The number of hydrogen-bond donors (Lipinski definition) is 2. The molecule has 248 valence electrons. The summed E-state index contributed by atoms with van der Waals surface area (Å²) in [6.45, 7) is 4.47. The fourth-order valence-electron chi connectivity index (χ4n) is 8.18. The molecule has 9 aromatic rings. The van der Waals surface area contributed by atoms with Gasteiger partial charge in [0.15, 0.2) is 5.84 Å². The van der Waals surface area contributed by atoms with Crippen LogP contribution in [0.4, 0.5) is 0 Å². The molecule has 3 N–H and O–H groups in total. The molecule has 0 bridgehead atoms. The summed E-state index contributed by atoms with van der Waals surface area (Å²) < 4.78 is 12.8. The van der Waals surface area contributed by atoms with Gasteiger partial charge in [0, 0.05) is 38.1 Å². The van der Waals surface area contributed by atoms with Crippen LogP contribution in [-0.4, -0.2) is 11.7 Å². The molecule has 0 atom stereocenters. The van der Waals surface area contributed by atoms with Gasteiger partial charge in [0.1, 0.15) is 28.2 Å². The number of nitrogens with one attached hydrogen (secondary N) is 1. The first-order valence-electron chi connectivity index (χ1n) is 17.5. The molecule has 1 aliphatic carbocycles. The molecule has 5 nitrogen and oxygen atoms in total. The van der Waals surface area contributed by atoms with Crippen LogP contribution in [0, 0.1) is 5.41 Å². The molecule has 0 saturated heterocycles. The van der Waals surface area contributed by atoms with Gasteiger partial charge in [-0.2, -0.15) is 0 Å². The third kappa shape index (κ3) is 4.49. The minimum Gasteiger partial charge on any atom is -0.456 e. The Hall–Kier alpha value is -6.72. The lowest BCUT2D eigenvalue weighted by atomic mass is 9.82. The van der Waals surface area contributed by atoms with Crippen LogP contribution < -0.4 is 5.73 Å². The van der Waals surface area contributed by atoms with E-state index in [9.17, 15) is 0 Å². The van der Waals surface area contributed by atoms with E-state index < -0.39 is 0 Å². The summed E-state index contributed by atoms with van der Waals surface area (Å²) in [5.74, 6) is 0.380. The highest BCUT2D eigenvalue weighted by Gasteiger charge is 2.35. The zero-order valence-corrected chi connectivity index (χ0v) is 28.7. The van der Waals surface area contributed by atoms with Crippen LogP contribution in [0.2, 0.25) is 0 Å². The Morgan fingerprint density at radius 2 is 1.27 bits per heavy atom. The number of hydrogen-bond acceptors (Lipinski definition) is 3. The number of nitrogens with two attached hydrogens (primary N) is 1. The van der Waals surface area contributed by atoms with E-state index in [-0.39, 0.29) is 17.1 Å². The smallest absolute Gasteiger partial charge is 0.154 e. The average Bonchev–Trinajstić information content (AvgIpc) is 3.82. The van der Waals surface area contributed by atoms with Crippen LogP contribution in [0.1, 0.15) is 36.1 Å². The second-order valence-corrected chi connectivity index (χ2v) is 14.1. The van der Waals surface area contributed by atoms with Gasteiger partial charge in [-0.1, -0.05) is 117 Å². The van der Waals surface area contributed by atoms with Crippen LogP contribution >= 0.6 is 0 Å². The van der Waals surface area contributed by atoms with Gasteiger partial charge in [0.2, 0.25) is 0 Å². The van der Waals surface area contributed by atoms with Crippen molar-refractivity contribution in [3.63, 3.8) is 0 Å². The number of aliphatic imine (C=N–C) groups is 1. The van der Waals surface area contributed by atoms with E-state index in [1.807, 2.05) is 54.6 Å². The molecular formula is C47H33N3O2. The number of nitrogens with zero attached hydrogens (tertiary/aromatic N) is 1. The van der Waals surface area contributed by atoms with Crippen molar-refractivity contribution in [1.82, 2.24) is 0 Å². The Kier molecular flexibility index (Phi) is 6.46. The van der Waals surface area contributed by atoms with E-state index in [1.54, 1.807) is 0 Å². The maximum atomic E-state index is 9.06. The number of rotatable bonds is 4. The molecular weight excluding hydrogens is 639 g/mol. The summed E-state index contributed by atoms with van der Waals surface area (Å²) >= 11 is 0. The summed E-state index contributed by atoms with van der Waals surface area (Å²) in [5, 5.41) is 13.0. The van der Waals surface area contributed by atoms with Gasteiger partial charge in [0.05, 0.1) is 0 Å². The fourth-order valence-corrected chi connectivity index (χ4v) is 8.18. The topological polar surface area (TPSA) is 88.5 Å². The summed E-state index contributed by atoms with van der Waals surface area (Å²) in [4.78, 5) is 4.69. The van der Waals surface area contributed by atoms with Crippen LogP contribution in [-0.2, 0) is 5.41 Å². The Balaban J connectivity index is 1.10. The van der Waals surface area contributed by atoms with Gasteiger partial charge in [-0.05, 0) is 87.0 Å². The molecule has 0 aliphatic heterocycles. The summed E-state index contributed by atoms with van der Waals surface area (Å²) in [6.07, 6.45) is 0. The molecule has 52 heavy (non-hydrogen) atoms. The Morgan fingerprint density at radius 3 is 2.15 bits per heavy atom. The molecule has 0 amide bonds. The predicted octanol–water partition coefficient (Wildman–Crippen LogP) is 11.9. The lowest BCUT2D eigenvalue weighted by molar-refractivity contribution is 0.660. The SMILES string of the molecule is CC1(C)c2ccccc2-c2ccc(C(=N)N=C(N)c3cccc4oc5ccc(-c6cc(-c7ccccc7)cc7oc8ccccc8c67)cc5c34)cc21. The standard InChI is InChI=1S/C47H33N3O2/c1-47(2)37-16-8-6-13-31(37)32-21-19-29(25-38(32)47)45(48)50-46(49)34-15-10-18-41-44(34)36-23-28(20-22-40(36)51-41)35-24-30(27-11-4-3-5-12-27)26-42-43(35)33-14-7-9-17-39(33)52-42/h3-26H,1-2H3,(H3,48,49,50). The highest BCUT2D eigenvalue weighted by Crippen LogP contribution is 2.49. The molecule has 0 spiro atoms. The molecule has 0 radical (unpaired) electrons. The molecule has 0 unspecified atom stereocenters. The lowest BCUT2D eigenvalue weighted by Gasteiger charge is -2.21. The quantitative estimate of drug-likeness (QED) is 0.144. The first kappa shape index (κ1) is 30.1. The average molecular weight is 672 g/mol. The molecule has 7 aromatic carbocycles. The Bertz CT molecular complexity index is 2960. The minimum atomic E-state index is -0.175. The van der Waals surface area contributed by atoms with Gasteiger partial charge in [0.25, 0.3) is 0 Å². The highest BCUT2D eigenvalue weighted by atomic mass is 16.3. The van der Waals surface area contributed by atoms with Crippen LogP contribution in [0.15, 0.2) is 159 Å². The first-order chi connectivity index (χ1) is 25.3. The molecule has 1 aliphatic rings. The molecule has 10 rings (SSSR count). The van der Waals surface area contributed by atoms with Crippen molar-refractivity contribution >= 4 is 55.5 Å². The van der Waals surface area contributed by atoms with Crippen LogP contribution in [0.3, 0.4) is 0 Å². The van der Waals surface area contributed by atoms with E-state index in [0.29, 0.717) is 5.58 Å². The minimum absolute atomic E-state index is 0.115. The van der Waals surface area contributed by atoms with Crippen molar-refractivity contribution in [3.8, 4) is 33.4 Å². The van der Waals surface area contributed by atoms with Gasteiger partial charge < -0.3 is 14.6 Å². The summed E-state index contributed by atoms with van der Waals surface area (Å²) in [6, 6.07) is 49.8. The number of furan rings is 2. The number of amidine groups is 2. The van der Waals surface area contributed by atoms with Crippen molar-refractivity contribution < 1.29 is 8.83 Å². The second-order valence-electron chi connectivity index (χ2n) is 14.1. The van der Waals surface area contributed by atoms with E-state index in [2.05, 4.69) is 105 Å². The zero-order valence-electron chi connectivity index (χ0n) is 28.7. The van der Waals surface area contributed by atoms with Crippen molar-refractivity contribution in [2.45, 2.75) is 19.3 Å². The Morgan fingerprint density at radius 1 is 0.538 bits per heavy atom. The van der Waals surface area contributed by atoms with Crippen LogP contribution in [0.25, 0.3) is 77.3 Å². The van der Waals surface area contributed by atoms with E-state index in [0.717, 1.165) is 71.7 Å². The zero-order chi connectivity index (χ0) is 35.1. The third-order valence-electron chi connectivity index (χ3n) is 10.8. The number of benzene rings is 7. The monoisotopic (exact) mass is 671 g/mol. The van der Waals surface area contributed by atoms with E-state index in [4.69, 9.17) is 25.0 Å². The fraction of sp³-hybridized carbons (Fsp3) is 0.0638. The second kappa shape index (κ2) is 11.1. The number of fused-ring (bicyclic) bond motifs is 9. The number of para-hydroxylation sites is 1. The molecule has 5 heteroatoms. The maximum absolute atomic E-state index is 9.06. The van der Waals surface area contributed by atoms with E-state index >= 15 is 0 Å². The molecule has 0 fully saturated rings. The van der Waals surface area contributed by atoms with Gasteiger partial charge in [-0.15, -0.1) is 0 Å². The van der Waals surface area contributed by atoms with Crippen molar-refractivity contribution in [2.24, 2.45) is 10.7 Å². The first-order valence-corrected chi connectivity index (χ1v) is 17.5. The highest BCUT2D eigenvalue weighted by molar-refractivity contribution is 6.21. The largest absolute Gasteiger partial charge is 0.456 e. The lowest BCUT2D eigenvalue weighted by Crippen LogP contribution is -2.17. The van der Waals surface area contributed by atoms with Crippen molar-refractivity contribution in [3.05, 3.63) is 168 Å². The predicted molar refractivity (Wildman–Crippen MR) is 213 cm³/mol.